The highest BCUT2D eigenvalue weighted by molar-refractivity contribution is 7.15. The zero-order valence-corrected chi connectivity index (χ0v) is 13.3. The van der Waals surface area contributed by atoms with E-state index in [0.717, 1.165) is 29.4 Å². The third-order valence-corrected chi connectivity index (χ3v) is 4.14. The van der Waals surface area contributed by atoms with Crippen LogP contribution < -0.4 is 5.32 Å². The predicted molar refractivity (Wildman–Crippen MR) is 83.6 cm³/mol. The van der Waals surface area contributed by atoms with E-state index in [1.165, 1.54) is 17.0 Å². The number of halogens is 1. The van der Waals surface area contributed by atoms with Crippen molar-refractivity contribution in [2.45, 2.75) is 39.7 Å². The number of benzene rings is 1. The average molecular weight is 292 g/mol. The fraction of sp³-hybridized carbons (Fsp3) is 0.438. The fourth-order valence-electron chi connectivity index (χ4n) is 2.01. The van der Waals surface area contributed by atoms with Crippen molar-refractivity contribution in [1.82, 2.24) is 10.3 Å². The molecule has 1 N–H and O–H groups in total. The van der Waals surface area contributed by atoms with Crippen LogP contribution in [0.1, 0.15) is 38.3 Å². The molecular formula is C16H21FN2S. The summed E-state index contributed by atoms with van der Waals surface area (Å²) in [6.07, 6.45) is 0. The van der Waals surface area contributed by atoms with E-state index in [0.29, 0.717) is 0 Å². The van der Waals surface area contributed by atoms with Crippen LogP contribution >= 0.6 is 11.3 Å². The van der Waals surface area contributed by atoms with Gasteiger partial charge in [-0.25, -0.2) is 9.37 Å². The molecule has 2 aromatic rings. The molecule has 1 aromatic heterocycles. The first-order chi connectivity index (χ1) is 9.41. The molecule has 2 nitrogen and oxygen atoms in total. The van der Waals surface area contributed by atoms with Crippen molar-refractivity contribution in [3.8, 4) is 10.6 Å². The van der Waals surface area contributed by atoms with E-state index in [9.17, 15) is 4.39 Å². The Hall–Kier alpha value is -1.26. The monoisotopic (exact) mass is 292 g/mol. The highest BCUT2D eigenvalue weighted by Crippen LogP contribution is 2.34. The maximum absolute atomic E-state index is 13.0. The third kappa shape index (κ3) is 3.44. The first-order valence-corrected chi connectivity index (χ1v) is 7.70. The molecule has 0 aliphatic heterocycles. The molecule has 0 bridgehead atoms. The molecule has 0 fully saturated rings. The van der Waals surface area contributed by atoms with Gasteiger partial charge in [-0.3, -0.25) is 0 Å². The Bertz CT molecular complexity index is 567. The molecule has 0 aliphatic carbocycles. The highest BCUT2D eigenvalue weighted by atomic mass is 32.1. The maximum Gasteiger partial charge on any atom is 0.123 e. The Kier molecular flexibility index (Phi) is 4.55. The molecule has 20 heavy (non-hydrogen) atoms. The van der Waals surface area contributed by atoms with E-state index in [4.69, 9.17) is 4.98 Å². The molecule has 0 atom stereocenters. The van der Waals surface area contributed by atoms with Crippen molar-refractivity contribution < 1.29 is 4.39 Å². The molecule has 1 heterocycles. The van der Waals surface area contributed by atoms with Gasteiger partial charge in [0.05, 0.1) is 5.69 Å². The number of nitrogens with one attached hydrogen (secondary N) is 1. The van der Waals surface area contributed by atoms with E-state index in [-0.39, 0.29) is 11.2 Å². The number of hydrogen-bond donors (Lipinski definition) is 1. The van der Waals surface area contributed by atoms with Crippen molar-refractivity contribution >= 4 is 11.3 Å². The lowest BCUT2D eigenvalue weighted by Crippen LogP contribution is -2.18. The maximum atomic E-state index is 13.0. The third-order valence-electron chi connectivity index (χ3n) is 3.03. The summed E-state index contributed by atoms with van der Waals surface area (Å²) in [5.41, 5.74) is 2.12. The molecule has 0 saturated heterocycles. The van der Waals surface area contributed by atoms with Crippen LogP contribution in [-0.2, 0) is 12.0 Å². The van der Waals surface area contributed by atoms with Crippen LogP contribution in [-0.4, -0.2) is 11.5 Å². The van der Waals surface area contributed by atoms with E-state index >= 15 is 0 Å². The molecule has 0 unspecified atom stereocenters. The minimum absolute atomic E-state index is 0.0134. The van der Waals surface area contributed by atoms with Crippen LogP contribution in [0.25, 0.3) is 10.6 Å². The lowest BCUT2D eigenvalue weighted by atomic mass is 9.91. The normalized spacial score (nSPS) is 11.8. The molecule has 2 rings (SSSR count). The number of nitrogens with zero attached hydrogens (tertiary/aromatic N) is 1. The zero-order chi connectivity index (χ0) is 14.8. The first-order valence-electron chi connectivity index (χ1n) is 6.88. The van der Waals surface area contributed by atoms with Gasteiger partial charge in [-0.1, -0.05) is 27.7 Å². The topological polar surface area (TPSA) is 24.9 Å². The molecule has 4 heteroatoms. The van der Waals surface area contributed by atoms with E-state index in [2.05, 4.69) is 33.0 Å². The molecule has 108 valence electrons. The van der Waals surface area contributed by atoms with Gasteiger partial charge in [0, 0.05) is 22.4 Å². The molecule has 0 amide bonds. The molecule has 0 saturated carbocycles. The summed E-state index contributed by atoms with van der Waals surface area (Å²) in [7, 11) is 0. The van der Waals surface area contributed by atoms with E-state index in [1.807, 2.05) is 0 Å². The largest absolute Gasteiger partial charge is 0.312 e. The van der Waals surface area contributed by atoms with Crippen LogP contribution in [0.4, 0.5) is 4.39 Å². The van der Waals surface area contributed by atoms with Crippen molar-refractivity contribution in [3.63, 3.8) is 0 Å². The second-order valence-corrected chi connectivity index (χ2v) is 6.91. The Labute approximate surface area is 124 Å². The lowest BCUT2D eigenvalue weighted by molar-refractivity contribution is 0.561. The number of rotatable bonds is 4. The SMILES string of the molecule is CCNCc1sc(-c2ccc(F)cc2)nc1C(C)(C)C. The molecule has 0 radical (unpaired) electrons. The van der Waals surface area contributed by atoms with Crippen molar-refractivity contribution in [3.05, 3.63) is 40.7 Å². The lowest BCUT2D eigenvalue weighted by Gasteiger charge is -2.17. The summed E-state index contributed by atoms with van der Waals surface area (Å²) < 4.78 is 13.0. The Balaban J connectivity index is 2.40. The van der Waals surface area contributed by atoms with Crippen LogP contribution in [0.15, 0.2) is 24.3 Å². The van der Waals surface area contributed by atoms with Gasteiger partial charge >= 0.3 is 0 Å². The second kappa shape index (κ2) is 6.02. The Morgan fingerprint density at radius 1 is 1.20 bits per heavy atom. The summed E-state index contributed by atoms with van der Waals surface area (Å²) in [5.74, 6) is -0.214. The van der Waals surface area contributed by atoms with Gasteiger partial charge in [0.25, 0.3) is 0 Å². The summed E-state index contributed by atoms with van der Waals surface area (Å²) in [6.45, 7) is 10.4. The van der Waals surface area contributed by atoms with Crippen LogP contribution in [0, 0.1) is 5.82 Å². The summed E-state index contributed by atoms with van der Waals surface area (Å²) in [5, 5.41) is 4.32. The number of thiazole rings is 1. The van der Waals surface area contributed by atoms with Gasteiger partial charge in [-0.05, 0) is 30.8 Å². The standard InChI is InChI=1S/C16H21FN2S/c1-5-18-10-13-14(16(2,3)4)19-15(20-13)11-6-8-12(17)9-7-11/h6-9,18H,5,10H2,1-4H3. The number of aromatic nitrogens is 1. The highest BCUT2D eigenvalue weighted by Gasteiger charge is 2.23. The summed E-state index contributed by atoms with van der Waals surface area (Å²) in [6, 6.07) is 6.55. The zero-order valence-electron chi connectivity index (χ0n) is 12.5. The molecule has 0 spiro atoms. The van der Waals surface area contributed by atoms with Crippen LogP contribution in [0.2, 0.25) is 0 Å². The molecule has 1 aromatic carbocycles. The van der Waals surface area contributed by atoms with Crippen molar-refractivity contribution in [2.24, 2.45) is 0 Å². The molecule has 0 aliphatic rings. The minimum Gasteiger partial charge on any atom is -0.312 e. The van der Waals surface area contributed by atoms with Gasteiger partial charge in [-0.2, -0.15) is 0 Å². The van der Waals surface area contributed by atoms with Gasteiger partial charge < -0.3 is 5.32 Å². The number of hydrogen-bond acceptors (Lipinski definition) is 3. The van der Waals surface area contributed by atoms with Crippen LogP contribution in [0.5, 0.6) is 0 Å². The van der Waals surface area contributed by atoms with Gasteiger partial charge in [0.15, 0.2) is 0 Å². The Morgan fingerprint density at radius 3 is 2.40 bits per heavy atom. The van der Waals surface area contributed by atoms with Crippen LogP contribution in [0.3, 0.4) is 0 Å². The minimum atomic E-state index is -0.214. The predicted octanol–water partition coefficient (Wildman–Crippen LogP) is 4.36. The van der Waals surface area contributed by atoms with Gasteiger partial charge in [-0.15, -0.1) is 11.3 Å². The van der Waals surface area contributed by atoms with E-state index in [1.54, 1.807) is 23.5 Å². The first kappa shape index (κ1) is 15.1. The van der Waals surface area contributed by atoms with Crippen molar-refractivity contribution in [1.29, 1.82) is 0 Å². The molecular weight excluding hydrogens is 271 g/mol. The summed E-state index contributed by atoms with van der Waals surface area (Å²) in [4.78, 5) is 6.05. The second-order valence-electron chi connectivity index (χ2n) is 5.83. The smallest absolute Gasteiger partial charge is 0.123 e. The van der Waals surface area contributed by atoms with E-state index < -0.39 is 0 Å². The Morgan fingerprint density at radius 2 is 1.85 bits per heavy atom. The average Bonchev–Trinajstić information content (AvgIpc) is 2.81. The fourth-order valence-corrected chi connectivity index (χ4v) is 3.26. The van der Waals surface area contributed by atoms with Crippen molar-refractivity contribution in [2.75, 3.05) is 6.54 Å². The van der Waals surface area contributed by atoms with Gasteiger partial charge in [0.1, 0.15) is 10.8 Å². The van der Waals surface area contributed by atoms with Gasteiger partial charge in [0.2, 0.25) is 0 Å². The summed E-state index contributed by atoms with van der Waals surface area (Å²) >= 11 is 1.69. The quantitative estimate of drug-likeness (QED) is 0.906.